The maximum Gasteiger partial charge on any atom is 0.419 e. The van der Waals surface area contributed by atoms with Gasteiger partial charge in [-0.1, -0.05) is 5.16 Å². The molecular formula is C16H17F4N5O4. The number of nitrogens with zero attached hydrogens (tertiary/aromatic N) is 4. The van der Waals surface area contributed by atoms with Crippen LogP contribution in [0.4, 0.5) is 29.1 Å². The SMILES string of the molecule is COCCCNc1nonc1/C(=N/OC)N(C=O)c1ccc(F)c(C(F)(F)F)c1. The van der Waals surface area contributed by atoms with Crippen molar-refractivity contribution >= 4 is 23.8 Å². The van der Waals surface area contributed by atoms with E-state index in [0.717, 1.165) is 13.2 Å². The molecule has 0 aliphatic heterocycles. The van der Waals surface area contributed by atoms with Gasteiger partial charge in [-0.15, -0.1) is 0 Å². The molecule has 0 aliphatic carbocycles. The van der Waals surface area contributed by atoms with Crippen LogP contribution in [0.25, 0.3) is 0 Å². The van der Waals surface area contributed by atoms with Gasteiger partial charge in [0.25, 0.3) is 0 Å². The summed E-state index contributed by atoms with van der Waals surface area (Å²) in [6, 6.07) is 2.03. The van der Waals surface area contributed by atoms with Crippen molar-refractivity contribution in [2.45, 2.75) is 12.6 Å². The van der Waals surface area contributed by atoms with Crippen molar-refractivity contribution in [3.63, 3.8) is 0 Å². The van der Waals surface area contributed by atoms with Gasteiger partial charge in [-0.2, -0.15) is 13.2 Å². The second-order valence-electron chi connectivity index (χ2n) is 5.47. The number of anilines is 2. The molecule has 0 spiro atoms. The van der Waals surface area contributed by atoms with Gasteiger partial charge in [0.1, 0.15) is 12.9 Å². The number of hydrogen-bond acceptors (Lipinski definition) is 8. The molecule has 0 bridgehead atoms. The highest BCUT2D eigenvalue weighted by Crippen LogP contribution is 2.34. The number of carbonyl (C=O) groups excluding carboxylic acids is 1. The molecule has 0 fully saturated rings. The van der Waals surface area contributed by atoms with Gasteiger partial charge < -0.3 is 14.9 Å². The van der Waals surface area contributed by atoms with E-state index in [1.54, 1.807) is 0 Å². The first kappa shape index (κ1) is 22.1. The Morgan fingerprint density at radius 2 is 2.10 bits per heavy atom. The summed E-state index contributed by atoms with van der Waals surface area (Å²) in [4.78, 5) is 17.0. The van der Waals surface area contributed by atoms with Crippen LogP contribution < -0.4 is 10.2 Å². The molecule has 0 saturated heterocycles. The van der Waals surface area contributed by atoms with E-state index in [-0.39, 0.29) is 29.4 Å². The molecule has 1 aromatic heterocycles. The summed E-state index contributed by atoms with van der Waals surface area (Å²) >= 11 is 0. The lowest BCUT2D eigenvalue weighted by Crippen LogP contribution is -2.32. The number of amides is 1. The Morgan fingerprint density at radius 3 is 2.72 bits per heavy atom. The summed E-state index contributed by atoms with van der Waals surface area (Å²) in [6.07, 6.45) is -4.19. The van der Waals surface area contributed by atoms with Crippen molar-refractivity contribution in [1.29, 1.82) is 0 Å². The summed E-state index contributed by atoms with van der Waals surface area (Å²) in [5.41, 5.74) is -1.97. The lowest BCUT2D eigenvalue weighted by Gasteiger charge is -2.19. The molecule has 13 heteroatoms. The minimum Gasteiger partial charge on any atom is -0.397 e. The molecule has 0 radical (unpaired) electrons. The van der Waals surface area contributed by atoms with Crippen molar-refractivity contribution in [2.75, 3.05) is 37.6 Å². The van der Waals surface area contributed by atoms with Crippen molar-refractivity contribution in [3.05, 3.63) is 35.3 Å². The average molecular weight is 419 g/mol. The Labute approximate surface area is 162 Å². The molecule has 9 nitrogen and oxygen atoms in total. The number of alkyl halides is 3. The Hall–Kier alpha value is -3.22. The Balaban J connectivity index is 2.41. The normalized spacial score (nSPS) is 12.0. The fourth-order valence-corrected chi connectivity index (χ4v) is 2.28. The van der Waals surface area contributed by atoms with Crippen molar-refractivity contribution < 1.29 is 36.6 Å². The molecule has 0 atom stereocenters. The topological polar surface area (TPSA) is 102 Å². The molecule has 1 amide bonds. The predicted molar refractivity (Wildman–Crippen MR) is 92.8 cm³/mol. The van der Waals surface area contributed by atoms with Crippen molar-refractivity contribution in [2.24, 2.45) is 5.16 Å². The first-order valence-corrected chi connectivity index (χ1v) is 8.11. The zero-order chi connectivity index (χ0) is 21.4. The van der Waals surface area contributed by atoms with Gasteiger partial charge in [-0.25, -0.2) is 9.02 Å². The standard InChI is InChI=1S/C16H17F4N5O4/c1-27-7-3-6-21-14-13(22-29-23-14)15(24-28-2)25(9-26)10-4-5-12(17)11(8-10)16(18,19)20/h4-5,8-9H,3,6-7H2,1-2H3,(H,21,23)/b24-15-. The van der Waals surface area contributed by atoms with Crippen LogP contribution in [0.15, 0.2) is 28.0 Å². The predicted octanol–water partition coefficient (Wildman–Crippen LogP) is 2.65. The van der Waals surface area contributed by atoms with Crippen molar-refractivity contribution in [3.8, 4) is 0 Å². The fraction of sp³-hybridized carbons (Fsp3) is 0.375. The van der Waals surface area contributed by atoms with Crippen LogP contribution >= 0.6 is 0 Å². The Kier molecular flexibility index (Phi) is 7.47. The number of hydrogen-bond donors (Lipinski definition) is 1. The molecule has 0 unspecified atom stereocenters. The molecule has 2 rings (SSSR count). The summed E-state index contributed by atoms with van der Waals surface area (Å²) in [6.45, 7) is 0.855. The van der Waals surface area contributed by atoms with E-state index in [0.29, 0.717) is 36.6 Å². The van der Waals surface area contributed by atoms with E-state index in [1.165, 1.54) is 7.11 Å². The maximum atomic E-state index is 13.6. The van der Waals surface area contributed by atoms with Gasteiger partial charge in [-0.3, -0.25) is 9.69 Å². The molecule has 158 valence electrons. The van der Waals surface area contributed by atoms with Crippen LogP contribution in [0.1, 0.15) is 17.7 Å². The number of amidine groups is 1. The monoisotopic (exact) mass is 419 g/mol. The highest BCUT2D eigenvalue weighted by molar-refractivity contribution is 6.19. The number of rotatable bonds is 9. The van der Waals surface area contributed by atoms with Crippen LogP contribution in [0.2, 0.25) is 0 Å². The number of ether oxygens (including phenoxy) is 1. The summed E-state index contributed by atoms with van der Waals surface area (Å²) in [7, 11) is 2.69. The third kappa shape index (κ3) is 5.40. The number of nitrogens with one attached hydrogen (secondary N) is 1. The van der Waals surface area contributed by atoms with Gasteiger partial charge >= 0.3 is 6.18 Å². The van der Waals surface area contributed by atoms with Gasteiger partial charge in [0.15, 0.2) is 5.69 Å². The Morgan fingerprint density at radius 1 is 1.34 bits per heavy atom. The number of aromatic nitrogens is 2. The van der Waals surface area contributed by atoms with Gasteiger partial charge in [-0.05, 0) is 34.9 Å². The highest BCUT2D eigenvalue weighted by Gasteiger charge is 2.35. The first-order valence-electron chi connectivity index (χ1n) is 8.11. The van der Waals surface area contributed by atoms with Gasteiger partial charge in [0.05, 0.1) is 11.3 Å². The van der Waals surface area contributed by atoms with Crippen LogP contribution in [0, 0.1) is 5.82 Å². The third-order valence-electron chi connectivity index (χ3n) is 3.56. The smallest absolute Gasteiger partial charge is 0.397 e. The number of methoxy groups -OCH3 is 1. The van der Waals surface area contributed by atoms with Gasteiger partial charge in [0, 0.05) is 20.3 Å². The quantitative estimate of drug-likeness (QED) is 0.166. The van der Waals surface area contributed by atoms with E-state index >= 15 is 0 Å². The lowest BCUT2D eigenvalue weighted by atomic mass is 10.1. The second kappa shape index (κ2) is 9.82. The summed E-state index contributed by atoms with van der Waals surface area (Å²) in [5.74, 6) is -1.74. The maximum absolute atomic E-state index is 13.6. The highest BCUT2D eigenvalue weighted by atomic mass is 19.4. The van der Waals surface area contributed by atoms with Crippen molar-refractivity contribution in [1.82, 2.24) is 10.3 Å². The number of carbonyl (C=O) groups is 1. The van der Waals surface area contributed by atoms with Gasteiger partial charge in [0.2, 0.25) is 18.1 Å². The molecule has 1 heterocycles. The van der Waals surface area contributed by atoms with Crippen LogP contribution in [-0.2, 0) is 20.5 Å². The molecular weight excluding hydrogens is 402 g/mol. The largest absolute Gasteiger partial charge is 0.419 e. The lowest BCUT2D eigenvalue weighted by molar-refractivity contribution is -0.140. The molecule has 0 saturated carbocycles. The summed E-state index contributed by atoms with van der Waals surface area (Å²) in [5, 5.41) is 13.8. The number of benzene rings is 1. The summed E-state index contributed by atoms with van der Waals surface area (Å²) < 4.78 is 62.2. The number of oxime groups is 1. The minimum absolute atomic E-state index is 0.0712. The van der Waals surface area contributed by atoms with E-state index in [9.17, 15) is 22.4 Å². The molecule has 2 aromatic rings. The molecule has 1 aromatic carbocycles. The van der Waals surface area contributed by atoms with E-state index in [1.807, 2.05) is 0 Å². The third-order valence-corrected chi connectivity index (χ3v) is 3.56. The van der Waals surface area contributed by atoms with E-state index in [4.69, 9.17) is 4.74 Å². The zero-order valence-corrected chi connectivity index (χ0v) is 15.4. The molecule has 0 aliphatic rings. The molecule has 29 heavy (non-hydrogen) atoms. The second-order valence-corrected chi connectivity index (χ2v) is 5.47. The molecule has 1 N–H and O–H groups in total. The first-order chi connectivity index (χ1) is 13.8. The Bertz CT molecular complexity index is 856. The minimum atomic E-state index is -4.96. The average Bonchev–Trinajstić information content (AvgIpc) is 3.13. The van der Waals surface area contributed by atoms with E-state index < -0.39 is 17.6 Å². The zero-order valence-electron chi connectivity index (χ0n) is 15.4. The van der Waals surface area contributed by atoms with Crippen LogP contribution in [0.5, 0.6) is 0 Å². The number of halogens is 4. The fourth-order valence-electron chi connectivity index (χ4n) is 2.28. The van der Waals surface area contributed by atoms with Crippen LogP contribution in [-0.4, -0.2) is 49.9 Å². The van der Waals surface area contributed by atoms with Crippen LogP contribution in [0.3, 0.4) is 0 Å². The van der Waals surface area contributed by atoms with E-state index in [2.05, 4.69) is 30.3 Å².